The van der Waals surface area contributed by atoms with E-state index in [1.54, 1.807) is 24.3 Å². The third-order valence-electron chi connectivity index (χ3n) is 3.91. The van der Waals surface area contributed by atoms with Crippen molar-refractivity contribution in [3.8, 4) is 0 Å². The number of amides is 1. The van der Waals surface area contributed by atoms with Crippen molar-refractivity contribution in [1.29, 1.82) is 0 Å². The Kier molecular flexibility index (Phi) is 6.78. The van der Waals surface area contributed by atoms with Crippen molar-refractivity contribution in [2.75, 3.05) is 5.32 Å². The summed E-state index contributed by atoms with van der Waals surface area (Å²) in [6.07, 6.45) is 1.77. The van der Waals surface area contributed by atoms with Crippen LogP contribution in [0.25, 0.3) is 0 Å². The fourth-order valence-corrected chi connectivity index (χ4v) is 4.25. The summed E-state index contributed by atoms with van der Waals surface area (Å²) < 4.78 is 1.91. The maximum absolute atomic E-state index is 13.1. The Balaban J connectivity index is 1.91. The van der Waals surface area contributed by atoms with E-state index in [1.807, 2.05) is 41.8 Å². The van der Waals surface area contributed by atoms with Crippen molar-refractivity contribution in [1.82, 2.24) is 14.8 Å². The van der Waals surface area contributed by atoms with E-state index in [9.17, 15) is 4.79 Å². The molecule has 0 saturated heterocycles. The number of carbonyl (C=O) groups excluding carboxylic acids is 1. The van der Waals surface area contributed by atoms with Crippen molar-refractivity contribution in [2.24, 2.45) is 0 Å². The number of aromatic nitrogens is 3. The minimum atomic E-state index is -0.536. The molecule has 0 aliphatic heterocycles. The number of carbonyl (C=O) groups is 1. The molecule has 144 valence electrons. The van der Waals surface area contributed by atoms with Crippen LogP contribution in [0.1, 0.15) is 16.6 Å². The first kappa shape index (κ1) is 20.5. The van der Waals surface area contributed by atoms with Gasteiger partial charge in [-0.15, -0.1) is 16.8 Å². The summed E-state index contributed by atoms with van der Waals surface area (Å²) >= 11 is 13.4. The number of nitrogens with zero attached hydrogens (tertiary/aromatic N) is 3. The summed E-state index contributed by atoms with van der Waals surface area (Å²) in [6.45, 7) is 6.20. The van der Waals surface area contributed by atoms with Crippen molar-refractivity contribution < 1.29 is 4.79 Å². The smallest absolute Gasteiger partial charge is 0.242 e. The second-order valence-electron chi connectivity index (χ2n) is 5.99. The van der Waals surface area contributed by atoms with E-state index < -0.39 is 5.25 Å². The molecule has 1 heterocycles. The van der Waals surface area contributed by atoms with Gasteiger partial charge in [0.05, 0.1) is 0 Å². The predicted molar refractivity (Wildman–Crippen MR) is 115 cm³/mol. The molecule has 3 rings (SSSR count). The van der Waals surface area contributed by atoms with Gasteiger partial charge in [0.1, 0.15) is 11.1 Å². The van der Waals surface area contributed by atoms with Crippen LogP contribution in [-0.2, 0) is 11.3 Å². The molecule has 0 aliphatic carbocycles. The van der Waals surface area contributed by atoms with Crippen molar-refractivity contribution in [3.63, 3.8) is 0 Å². The topological polar surface area (TPSA) is 59.8 Å². The second kappa shape index (κ2) is 9.28. The van der Waals surface area contributed by atoms with E-state index in [-0.39, 0.29) is 5.91 Å². The molecular formula is C20H18Cl2N4OS. The van der Waals surface area contributed by atoms with E-state index in [0.29, 0.717) is 27.4 Å². The van der Waals surface area contributed by atoms with E-state index in [4.69, 9.17) is 23.2 Å². The Labute approximate surface area is 177 Å². The first-order chi connectivity index (χ1) is 13.5. The fourth-order valence-electron chi connectivity index (χ4n) is 2.63. The van der Waals surface area contributed by atoms with Crippen LogP contribution >= 0.6 is 35.0 Å². The maximum Gasteiger partial charge on any atom is 0.242 e. The highest BCUT2D eigenvalue weighted by Crippen LogP contribution is 2.36. The van der Waals surface area contributed by atoms with Gasteiger partial charge in [0.25, 0.3) is 0 Å². The van der Waals surface area contributed by atoms with Gasteiger partial charge in [-0.1, -0.05) is 71.4 Å². The molecule has 1 atom stereocenters. The summed E-state index contributed by atoms with van der Waals surface area (Å²) in [4.78, 5) is 13.1. The van der Waals surface area contributed by atoms with E-state index in [1.165, 1.54) is 11.8 Å². The first-order valence-corrected chi connectivity index (χ1v) is 10.1. The quantitative estimate of drug-likeness (QED) is 0.392. The van der Waals surface area contributed by atoms with Gasteiger partial charge >= 0.3 is 0 Å². The third kappa shape index (κ3) is 4.95. The van der Waals surface area contributed by atoms with Crippen molar-refractivity contribution >= 4 is 46.6 Å². The molecule has 1 aromatic heterocycles. The predicted octanol–water partition coefficient (Wildman–Crippen LogP) is 5.55. The van der Waals surface area contributed by atoms with Gasteiger partial charge < -0.3 is 9.88 Å². The molecule has 3 aromatic rings. The summed E-state index contributed by atoms with van der Waals surface area (Å²) in [7, 11) is 0. The summed E-state index contributed by atoms with van der Waals surface area (Å²) in [5, 5.41) is 12.3. The lowest BCUT2D eigenvalue weighted by Crippen LogP contribution is -2.19. The highest BCUT2D eigenvalue weighted by Gasteiger charge is 2.25. The molecule has 0 aliphatic rings. The van der Waals surface area contributed by atoms with Gasteiger partial charge in [-0.3, -0.25) is 4.79 Å². The standard InChI is InChI=1S/C20H18Cl2N4OS/c1-3-9-26-13(2)24-25-20(26)28-18(14-7-5-4-6-8-14)19(27)23-17-11-15(21)10-16(22)12-17/h3-8,10-12,18H,1,9H2,2H3,(H,23,27). The lowest BCUT2D eigenvalue weighted by molar-refractivity contribution is -0.115. The van der Waals surface area contributed by atoms with E-state index in [2.05, 4.69) is 22.1 Å². The third-order valence-corrected chi connectivity index (χ3v) is 5.58. The van der Waals surface area contributed by atoms with Gasteiger partial charge in [0.15, 0.2) is 5.16 Å². The second-order valence-corrected chi connectivity index (χ2v) is 7.93. The molecule has 0 saturated carbocycles. The Hall–Kier alpha value is -2.28. The summed E-state index contributed by atoms with van der Waals surface area (Å²) in [5.41, 5.74) is 1.39. The molecule has 0 radical (unpaired) electrons. The number of thioether (sulfide) groups is 1. The number of hydrogen-bond acceptors (Lipinski definition) is 4. The highest BCUT2D eigenvalue weighted by molar-refractivity contribution is 8.00. The van der Waals surface area contributed by atoms with Crippen LogP contribution in [0.15, 0.2) is 66.3 Å². The Morgan fingerprint density at radius 1 is 1.21 bits per heavy atom. The molecule has 0 spiro atoms. The Bertz CT molecular complexity index is 971. The van der Waals surface area contributed by atoms with Crippen LogP contribution in [-0.4, -0.2) is 20.7 Å². The van der Waals surface area contributed by atoms with Crippen LogP contribution in [0.2, 0.25) is 10.0 Å². The van der Waals surface area contributed by atoms with Gasteiger partial charge in [-0.05, 0) is 30.7 Å². The van der Waals surface area contributed by atoms with Crippen LogP contribution in [0.3, 0.4) is 0 Å². The zero-order chi connectivity index (χ0) is 20.1. The minimum absolute atomic E-state index is 0.208. The average molecular weight is 433 g/mol. The molecule has 0 bridgehead atoms. The first-order valence-electron chi connectivity index (χ1n) is 8.47. The monoisotopic (exact) mass is 432 g/mol. The molecule has 28 heavy (non-hydrogen) atoms. The SMILES string of the molecule is C=CCn1c(C)nnc1SC(C(=O)Nc1cc(Cl)cc(Cl)c1)c1ccccc1. The number of halogens is 2. The largest absolute Gasteiger partial charge is 0.325 e. The fraction of sp³-hybridized carbons (Fsp3) is 0.150. The molecule has 0 fully saturated rings. The molecule has 1 amide bonds. The van der Waals surface area contributed by atoms with Gasteiger partial charge in [-0.2, -0.15) is 0 Å². The summed E-state index contributed by atoms with van der Waals surface area (Å²) in [6, 6.07) is 14.4. The van der Waals surface area contributed by atoms with Crippen molar-refractivity contribution in [3.05, 3.63) is 82.6 Å². The van der Waals surface area contributed by atoms with Crippen LogP contribution < -0.4 is 5.32 Å². The van der Waals surface area contributed by atoms with E-state index >= 15 is 0 Å². The van der Waals surface area contributed by atoms with Gasteiger partial charge in [-0.25, -0.2) is 0 Å². The highest BCUT2D eigenvalue weighted by atomic mass is 35.5. The number of anilines is 1. The van der Waals surface area contributed by atoms with Gasteiger partial charge in [0, 0.05) is 22.3 Å². The molecule has 1 N–H and O–H groups in total. The number of benzene rings is 2. The lowest BCUT2D eigenvalue weighted by atomic mass is 10.1. The average Bonchev–Trinajstić information content (AvgIpc) is 2.99. The Morgan fingerprint density at radius 3 is 2.54 bits per heavy atom. The Morgan fingerprint density at radius 2 is 1.89 bits per heavy atom. The molecule has 5 nitrogen and oxygen atoms in total. The lowest BCUT2D eigenvalue weighted by Gasteiger charge is -2.17. The van der Waals surface area contributed by atoms with Crippen LogP contribution in [0.5, 0.6) is 0 Å². The minimum Gasteiger partial charge on any atom is -0.325 e. The number of nitrogens with one attached hydrogen (secondary N) is 1. The normalized spacial score (nSPS) is 11.8. The summed E-state index contributed by atoms with van der Waals surface area (Å²) in [5.74, 6) is 0.552. The van der Waals surface area contributed by atoms with E-state index in [0.717, 1.165) is 11.4 Å². The number of hydrogen-bond donors (Lipinski definition) is 1. The zero-order valence-corrected chi connectivity index (χ0v) is 17.4. The molecular weight excluding hydrogens is 415 g/mol. The maximum atomic E-state index is 13.1. The number of rotatable bonds is 7. The molecule has 1 unspecified atom stereocenters. The van der Waals surface area contributed by atoms with Crippen LogP contribution in [0.4, 0.5) is 5.69 Å². The zero-order valence-electron chi connectivity index (χ0n) is 15.1. The molecule has 2 aromatic carbocycles. The van der Waals surface area contributed by atoms with Gasteiger partial charge in [0.2, 0.25) is 5.91 Å². The van der Waals surface area contributed by atoms with Crippen LogP contribution in [0, 0.1) is 6.92 Å². The van der Waals surface area contributed by atoms with Crippen molar-refractivity contribution in [2.45, 2.75) is 23.9 Å². The molecule has 8 heteroatoms. The number of aryl methyl sites for hydroxylation is 1. The number of allylic oxidation sites excluding steroid dienone is 1.